The molecule has 0 aliphatic rings. The van der Waals surface area contributed by atoms with Crippen LogP contribution in [0.1, 0.15) is 0 Å². The summed E-state index contributed by atoms with van der Waals surface area (Å²) >= 11 is 0. The summed E-state index contributed by atoms with van der Waals surface area (Å²) in [5, 5.41) is 13.2. The molecule has 0 aromatic carbocycles. The van der Waals surface area contributed by atoms with E-state index in [0.717, 1.165) is 0 Å². The zero-order valence-corrected chi connectivity index (χ0v) is 4.46. The molecular formula is C4H8N4. The van der Waals surface area contributed by atoms with Crippen molar-refractivity contribution in [3.8, 4) is 0 Å². The summed E-state index contributed by atoms with van der Waals surface area (Å²) < 4.78 is 0. The summed E-state index contributed by atoms with van der Waals surface area (Å²) in [7, 11) is 0. The average molecular weight is 112 g/mol. The fourth-order valence-electron chi connectivity index (χ4n) is 0.175. The summed E-state index contributed by atoms with van der Waals surface area (Å²) in [6.07, 6.45) is 1.58. The van der Waals surface area contributed by atoms with Crippen molar-refractivity contribution >= 4 is 5.96 Å². The van der Waals surface area contributed by atoms with Crippen LogP contribution in [0.3, 0.4) is 0 Å². The summed E-state index contributed by atoms with van der Waals surface area (Å²) in [6, 6.07) is 0. The molecule has 4 heteroatoms. The van der Waals surface area contributed by atoms with E-state index in [1.54, 1.807) is 6.08 Å². The smallest absolute Gasteiger partial charge is 0.232 e. The maximum Gasteiger partial charge on any atom is 0.232 e. The second-order valence-corrected chi connectivity index (χ2v) is 1.10. The van der Waals surface area contributed by atoms with Gasteiger partial charge in [-0.3, -0.25) is 5.41 Å². The van der Waals surface area contributed by atoms with Crippen molar-refractivity contribution in [2.45, 2.75) is 0 Å². The number of azo groups is 1. The number of nitrogens with zero attached hydrogens (tertiary/aromatic N) is 2. The number of nitrogens with one attached hydrogen (secondary N) is 1. The van der Waals surface area contributed by atoms with Gasteiger partial charge >= 0.3 is 0 Å². The maximum absolute atomic E-state index is 6.56. The van der Waals surface area contributed by atoms with Crippen LogP contribution in [-0.4, -0.2) is 12.5 Å². The first kappa shape index (κ1) is 6.81. The Morgan fingerprint density at radius 3 is 2.88 bits per heavy atom. The third kappa shape index (κ3) is 4.81. The van der Waals surface area contributed by atoms with Crippen LogP contribution in [0.15, 0.2) is 22.9 Å². The van der Waals surface area contributed by atoms with Gasteiger partial charge in [0.1, 0.15) is 0 Å². The van der Waals surface area contributed by atoms with Crippen LogP contribution in [0.5, 0.6) is 0 Å². The van der Waals surface area contributed by atoms with Gasteiger partial charge in [0.15, 0.2) is 0 Å². The molecule has 8 heavy (non-hydrogen) atoms. The van der Waals surface area contributed by atoms with E-state index in [1.807, 2.05) is 0 Å². The Labute approximate surface area is 47.6 Å². The van der Waals surface area contributed by atoms with E-state index in [9.17, 15) is 0 Å². The first-order valence-corrected chi connectivity index (χ1v) is 2.10. The van der Waals surface area contributed by atoms with Gasteiger partial charge in [-0.05, 0) is 0 Å². The minimum atomic E-state index is -0.271. The maximum atomic E-state index is 6.56. The second-order valence-electron chi connectivity index (χ2n) is 1.10. The lowest BCUT2D eigenvalue weighted by molar-refractivity contribution is 1.08. The summed E-state index contributed by atoms with van der Waals surface area (Å²) in [5.74, 6) is -0.271. The third-order valence-electron chi connectivity index (χ3n) is 0.389. The Balaban J connectivity index is 3.34. The number of rotatable bonds is 2. The number of hydrogen-bond donors (Lipinski definition) is 2. The lowest BCUT2D eigenvalue weighted by Crippen LogP contribution is -2.03. The van der Waals surface area contributed by atoms with Crippen LogP contribution >= 0.6 is 0 Å². The lowest BCUT2D eigenvalue weighted by atomic mass is 10.7. The van der Waals surface area contributed by atoms with Crippen LogP contribution in [0.4, 0.5) is 0 Å². The van der Waals surface area contributed by atoms with Crippen molar-refractivity contribution < 1.29 is 0 Å². The zero-order valence-electron chi connectivity index (χ0n) is 4.46. The van der Waals surface area contributed by atoms with E-state index < -0.39 is 0 Å². The van der Waals surface area contributed by atoms with Crippen LogP contribution < -0.4 is 5.73 Å². The molecular weight excluding hydrogens is 104 g/mol. The van der Waals surface area contributed by atoms with Crippen molar-refractivity contribution in [2.75, 3.05) is 6.54 Å². The molecule has 3 N–H and O–H groups in total. The fourth-order valence-corrected chi connectivity index (χ4v) is 0.175. The molecule has 0 fully saturated rings. The van der Waals surface area contributed by atoms with Crippen molar-refractivity contribution in [3.05, 3.63) is 12.7 Å². The molecule has 0 bridgehead atoms. The molecule has 0 aromatic heterocycles. The Hall–Kier alpha value is -1.19. The normalized spacial score (nSPS) is 9.50. The molecule has 0 spiro atoms. The highest BCUT2D eigenvalue weighted by molar-refractivity contribution is 5.74. The molecule has 0 aromatic rings. The Morgan fingerprint density at radius 1 is 1.88 bits per heavy atom. The molecule has 0 saturated carbocycles. The molecule has 4 nitrogen and oxygen atoms in total. The van der Waals surface area contributed by atoms with Crippen LogP contribution in [-0.2, 0) is 0 Å². The lowest BCUT2D eigenvalue weighted by Gasteiger charge is -1.79. The van der Waals surface area contributed by atoms with Crippen molar-refractivity contribution in [2.24, 2.45) is 16.0 Å². The second kappa shape index (κ2) is 3.98. The van der Waals surface area contributed by atoms with Crippen molar-refractivity contribution in [1.29, 1.82) is 5.41 Å². The molecule has 0 rings (SSSR count). The van der Waals surface area contributed by atoms with Gasteiger partial charge in [0, 0.05) is 0 Å². The van der Waals surface area contributed by atoms with E-state index in [2.05, 4.69) is 16.8 Å². The quantitative estimate of drug-likeness (QED) is 0.232. The molecule has 44 valence electrons. The molecule has 0 radical (unpaired) electrons. The van der Waals surface area contributed by atoms with Crippen LogP contribution in [0.25, 0.3) is 0 Å². The fraction of sp³-hybridized carbons (Fsp3) is 0.250. The minimum Gasteiger partial charge on any atom is -0.367 e. The number of hydrogen-bond acceptors (Lipinski definition) is 2. The van der Waals surface area contributed by atoms with E-state index >= 15 is 0 Å². The van der Waals surface area contributed by atoms with Gasteiger partial charge in [0.25, 0.3) is 0 Å². The summed E-state index contributed by atoms with van der Waals surface area (Å²) in [5.41, 5.74) is 4.82. The summed E-state index contributed by atoms with van der Waals surface area (Å²) in [4.78, 5) is 0. The average Bonchev–Trinajstić information content (AvgIpc) is 1.66. The molecule has 0 heterocycles. The third-order valence-corrected chi connectivity index (χ3v) is 0.389. The highest BCUT2D eigenvalue weighted by Gasteiger charge is 1.73. The largest absolute Gasteiger partial charge is 0.367 e. The molecule has 0 unspecified atom stereocenters. The van der Waals surface area contributed by atoms with Gasteiger partial charge in [-0.2, -0.15) is 5.11 Å². The molecule has 0 aliphatic heterocycles. The van der Waals surface area contributed by atoms with Gasteiger partial charge in [0.2, 0.25) is 5.96 Å². The van der Waals surface area contributed by atoms with Gasteiger partial charge in [0.05, 0.1) is 6.54 Å². The Kier molecular flexibility index (Phi) is 3.39. The standard InChI is InChI=1S/C4H8N4/c1-2-3-7-8-4(5)6/h2H,1,3H2,(H3,5,6)/b8-7-. The topological polar surface area (TPSA) is 74.6 Å². The van der Waals surface area contributed by atoms with E-state index in [0.29, 0.717) is 6.54 Å². The Bertz CT molecular complexity index is 115. The SMILES string of the molecule is C=CC/N=N\C(=N)N. The van der Waals surface area contributed by atoms with Crippen molar-refractivity contribution in [1.82, 2.24) is 0 Å². The van der Waals surface area contributed by atoms with Gasteiger partial charge in [-0.1, -0.05) is 6.08 Å². The molecule has 0 aliphatic carbocycles. The predicted molar refractivity (Wildman–Crippen MR) is 31.8 cm³/mol. The Morgan fingerprint density at radius 2 is 2.50 bits per heavy atom. The highest BCUT2D eigenvalue weighted by atomic mass is 15.2. The first-order chi connectivity index (χ1) is 3.77. The zero-order chi connectivity index (χ0) is 6.41. The van der Waals surface area contributed by atoms with Crippen LogP contribution in [0.2, 0.25) is 0 Å². The molecule has 0 saturated heterocycles. The first-order valence-electron chi connectivity index (χ1n) is 2.10. The number of guanidine groups is 1. The summed E-state index contributed by atoms with van der Waals surface area (Å²) in [6.45, 7) is 3.81. The minimum absolute atomic E-state index is 0.271. The van der Waals surface area contributed by atoms with Gasteiger partial charge in [-0.25, -0.2) is 0 Å². The monoisotopic (exact) mass is 112 g/mol. The van der Waals surface area contributed by atoms with Crippen LogP contribution in [0, 0.1) is 5.41 Å². The molecule has 0 atom stereocenters. The van der Waals surface area contributed by atoms with Gasteiger partial charge in [-0.15, -0.1) is 11.7 Å². The van der Waals surface area contributed by atoms with Crippen molar-refractivity contribution in [3.63, 3.8) is 0 Å². The molecule has 0 amide bonds. The predicted octanol–water partition coefficient (Wildman–Crippen LogP) is 0.518. The highest BCUT2D eigenvalue weighted by Crippen LogP contribution is 1.72. The van der Waals surface area contributed by atoms with E-state index in [-0.39, 0.29) is 5.96 Å². The van der Waals surface area contributed by atoms with Gasteiger partial charge < -0.3 is 5.73 Å². The van der Waals surface area contributed by atoms with E-state index in [4.69, 9.17) is 11.1 Å². The van der Waals surface area contributed by atoms with E-state index in [1.165, 1.54) is 0 Å². The number of nitrogens with two attached hydrogens (primary N) is 1.